The van der Waals surface area contributed by atoms with Gasteiger partial charge < -0.3 is 4.57 Å². The lowest BCUT2D eigenvalue weighted by Crippen LogP contribution is -2.11. The van der Waals surface area contributed by atoms with E-state index in [1.54, 1.807) is 41.2 Å². The second-order valence-corrected chi connectivity index (χ2v) is 16.4. The highest BCUT2D eigenvalue weighted by Crippen LogP contribution is 2.45. The van der Waals surface area contributed by atoms with Gasteiger partial charge in [-0.05, 0) is 107 Å². The minimum Gasteiger partial charge on any atom is -0.308 e. The number of alkyl halides is 12. The van der Waals surface area contributed by atoms with E-state index in [0.717, 1.165) is 0 Å². The van der Waals surface area contributed by atoms with Gasteiger partial charge in [0.2, 0.25) is 0 Å². The van der Waals surface area contributed by atoms with Crippen molar-refractivity contribution in [2.24, 2.45) is 0 Å². The summed E-state index contributed by atoms with van der Waals surface area (Å²) in [5.41, 5.74) is -3.47. The number of nitrogens with zero attached hydrogens (tertiary/aromatic N) is 5. The molecule has 0 spiro atoms. The highest BCUT2D eigenvalue weighted by Gasteiger charge is 2.39. The van der Waals surface area contributed by atoms with Gasteiger partial charge in [0, 0.05) is 45.4 Å². The molecule has 71 heavy (non-hydrogen) atoms. The summed E-state index contributed by atoms with van der Waals surface area (Å²) >= 11 is 0. The van der Waals surface area contributed by atoms with Gasteiger partial charge in [0.25, 0.3) is 0 Å². The number of halogens is 12. The molecule has 354 valence electrons. The fourth-order valence-corrected chi connectivity index (χ4v) is 8.44. The molecule has 0 radical (unpaired) electrons. The molecule has 3 aromatic heterocycles. The normalized spacial score (nSPS) is 12.5. The number of pyridine rings is 1. The Morgan fingerprint density at radius 2 is 0.718 bits per heavy atom. The fourth-order valence-electron chi connectivity index (χ4n) is 8.44. The average molecular weight is 976 g/mol. The zero-order chi connectivity index (χ0) is 50.0. The average Bonchev–Trinajstić information content (AvgIpc) is 3.68. The lowest BCUT2D eigenvalue weighted by Gasteiger charge is -2.17. The molecule has 0 unspecified atom stereocenters. The molecule has 5 nitrogen and oxygen atoms in total. The van der Waals surface area contributed by atoms with E-state index in [1.165, 1.54) is 36.4 Å². The molecule has 0 fully saturated rings. The van der Waals surface area contributed by atoms with Crippen molar-refractivity contribution in [3.63, 3.8) is 0 Å². The standard InChI is InChI=1S/C54H29F12N5/c55-51(56,57)38-20-36(21-39(27-38)52(58,59)60)33-14-16-45-42(24-33)43-25-34(37-22-40(53(61,62)63)28-41(23-37)54(64,65)66)15-17-46(43)71(45)47-18-13-32(35-12-7-19-67-29-35)26-44(47)50-69-48(30-8-3-1-4-9-30)68-49(70-50)31-10-5-2-6-11-31/h1-29H. The number of hydrogen-bond donors (Lipinski definition) is 0. The maximum atomic E-state index is 14.1. The van der Waals surface area contributed by atoms with Crippen LogP contribution in [0.2, 0.25) is 0 Å². The van der Waals surface area contributed by atoms with Crippen molar-refractivity contribution in [2.45, 2.75) is 24.7 Å². The van der Waals surface area contributed by atoms with Crippen molar-refractivity contribution in [1.29, 1.82) is 0 Å². The summed E-state index contributed by atoms with van der Waals surface area (Å²) in [5, 5.41) is 0.336. The number of fused-ring (bicyclic) bond motifs is 3. The van der Waals surface area contributed by atoms with Crippen LogP contribution in [-0.4, -0.2) is 24.5 Å². The Morgan fingerprint density at radius 1 is 0.324 bits per heavy atom. The zero-order valence-electron chi connectivity index (χ0n) is 36.0. The van der Waals surface area contributed by atoms with Crippen LogP contribution in [0.1, 0.15) is 22.3 Å². The minimum absolute atomic E-state index is 0.00522. The van der Waals surface area contributed by atoms with Crippen LogP contribution in [0.5, 0.6) is 0 Å². The second-order valence-electron chi connectivity index (χ2n) is 16.4. The third-order valence-electron chi connectivity index (χ3n) is 11.8. The predicted octanol–water partition coefficient (Wildman–Crippen LogP) is 16.4. The first kappa shape index (κ1) is 46.4. The highest BCUT2D eigenvalue weighted by atomic mass is 19.4. The summed E-state index contributed by atoms with van der Waals surface area (Å²) in [6, 6.07) is 37.5. The molecular weight excluding hydrogens is 947 g/mol. The molecule has 10 aromatic rings. The first-order chi connectivity index (χ1) is 33.7. The van der Waals surface area contributed by atoms with E-state index in [4.69, 9.17) is 15.0 Å². The van der Waals surface area contributed by atoms with E-state index in [0.29, 0.717) is 80.5 Å². The molecule has 3 heterocycles. The molecule has 0 bridgehead atoms. The Balaban J connectivity index is 1.29. The zero-order valence-corrected chi connectivity index (χ0v) is 36.0. The number of rotatable bonds is 7. The number of hydrogen-bond acceptors (Lipinski definition) is 4. The molecule has 10 rings (SSSR count). The maximum absolute atomic E-state index is 14.1. The molecule has 17 heteroatoms. The van der Waals surface area contributed by atoms with Crippen molar-refractivity contribution in [3.05, 3.63) is 198 Å². The molecule has 0 saturated heterocycles. The molecule has 0 amide bonds. The van der Waals surface area contributed by atoms with Crippen molar-refractivity contribution in [3.8, 4) is 73.2 Å². The molecule has 0 aliphatic rings. The molecule has 0 aliphatic heterocycles. The maximum Gasteiger partial charge on any atom is 0.416 e. The van der Waals surface area contributed by atoms with E-state index in [9.17, 15) is 52.7 Å². The molecule has 7 aromatic carbocycles. The van der Waals surface area contributed by atoms with Gasteiger partial charge in [0.1, 0.15) is 0 Å². The Bertz CT molecular complexity index is 3380. The Labute approximate surface area is 394 Å². The van der Waals surface area contributed by atoms with Gasteiger partial charge in [0.05, 0.1) is 39.0 Å². The lowest BCUT2D eigenvalue weighted by atomic mass is 9.96. The largest absolute Gasteiger partial charge is 0.416 e. The first-order valence-corrected chi connectivity index (χ1v) is 21.3. The van der Waals surface area contributed by atoms with Crippen molar-refractivity contribution < 1.29 is 52.7 Å². The van der Waals surface area contributed by atoms with Crippen molar-refractivity contribution in [2.75, 3.05) is 0 Å². The summed E-state index contributed by atoms with van der Waals surface area (Å²) in [7, 11) is 0. The third kappa shape index (κ3) is 9.18. The van der Waals surface area contributed by atoms with Gasteiger partial charge in [-0.25, -0.2) is 15.0 Å². The summed E-state index contributed by atoms with van der Waals surface area (Å²) in [6.45, 7) is 0. The third-order valence-corrected chi connectivity index (χ3v) is 11.8. The SMILES string of the molecule is FC(F)(F)c1cc(-c2ccc3c(c2)c2cc(-c4cc(C(F)(F)F)cc(C(F)(F)F)c4)ccc2n3-c2ccc(-c3cccnc3)cc2-c2nc(-c3ccccc3)nc(-c3ccccc3)n2)cc(C(F)(F)F)c1. The van der Waals surface area contributed by atoms with Crippen molar-refractivity contribution in [1.82, 2.24) is 24.5 Å². The lowest BCUT2D eigenvalue weighted by molar-refractivity contribution is -0.144. The Kier molecular flexibility index (Phi) is 11.3. The van der Waals surface area contributed by atoms with Gasteiger partial charge in [-0.15, -0.1) is 0 Å². The molecule has 0 atom stereocenters. The smallest absolute Gasteiger partial charge is 0.308 e. The van der Waals surface area contributed by atoms with E-state index < -0.39 is 58.1 Å². The van der Waals surface area contributed by atoms with Crippen molar-refractivity contribution >= 4 is 21.8 Å². The number of aromatic nitrogens is 5. The summed E-state index contributed by atoms with van der Waals surface area (Å²) < 4.78 is 171. The van der Waals surface area contributed by atoms with E-state index in [-0.39, 0.29) is 39.9 Å². The fraction of sp³-hybridized carbons (Fsp3) is 0.0741. The first-order valence-electron chi connectivity index (χ1n) is 21.3. The number of benzene rings is 7. The molecule has 0 aliphatic carbocycles. The van der Waals surface area contributed by atoms with Crippen LogP contribution in [0.15, 0.2) is 176 Å². The van der Waals surface area contributed by atoms with Crippen LogP contribution in [-0.2, 0) is 24.7 Å². The van der Waals surface area contributed by atoms with Crippen LogP contribution in [0.4, 0.5) is 52.7 Å². The van der Waals surface area contributed by atoms with Gasteiger partial charge in [0.15, 0.2) is 17.5 Å². The Hall–Kier alpha value is -8.34. The second kappa shape index (κ2) is 17.3. The van der Waals surface area contributed by atoms with Crippen LogP contribution in [0, 0.1) is 0 Å². The van der Waals surface area contributed by atoms with E-state index >= 15 is 0 Å². The minimum atomic E-state index is -5.18. The summed E-state index contributed by atoms with van der Waals surface area (Å²) in [4.78, 5) is 19.0. The Morgan fingerprint density at radius 3 is 1.13 bits per heavy atom. The van der Waals surface area contributed by atoms with Gasteiger partial charge in [-0.2, -0.15) is 52.7 Å². The van der Waals surface area contributed by atoms with Crippen LogP contribution >= 0.6 is 0 Å². The molecule has 0 saturated carbocycles. The van der Waals surface area contributed by atoms with Gasteiger partial charge >= 0.3 is 24.7 Å². The van der Waals surface area contributed by atoms with Crippen LogP contribution in [0.3, 0.4) is 0 Å². The van der Waals surface area contributed by atoms with Gasteiger partial charge in [-0.1, -0.05) is 84.9 Å². The van der Waals surface area contributed by atoms with Crippen LogP contribution in [0.25, 0.3) is 95.0 Å². The quantitative estimate of drug-likeness (QED) is 0.149. The van der Waals surface area contributed by atoms with Crippen LogP contribution < -0.4 is 0 Å². The summed E-state index contributed by atoms with van der Waals surface area (Å²) in [5.74, 6) is 0.749. The van der Waals surface area contributed by atoms with E-state index in [1.807, 2.05) is 66.7 Å². The topological polar surface area (TPSA) is 56.5 Å². The monoisotopic (exact) mass is 975 g/mol. The van der Waals surface area contributed by atoms with Gasteiger partial charge in [-0.3, -0.25) is 4.98 Å². The van der Waals surface area contributed by atoms with E-state index in [2.05, 4.69) is 4.98 Å². The molecular formula is C54H29F12N5. The summed E-state index contributed by atoms with van der Waals surface area (Å²) in [6.07, 6.45) is -17.5. The highest BCUT2D eigenvalue weighted by molar-refractivity contribution is 6.12. The predicted molar refractivity (Wildman–Crippen MR) is 245 cm³/mol. The molecule has 0 N–H and O–H groups in total.